The average molecular weight is 696 g/mol. The first-order valence-corrected chi connectivity index (χ1v) is 19.0. The van der Waals surface area contributed by atoms with E-state index in [2.05, 4.69) is 194 Å². The van der Waals surface area contributed by atoms with Crippen LogP contribution in [0.15, 0.2) is 186 Å². The highest BCUT2D eigenvalue weighted by Gasteiger charge is 2.42. The molecule has 0 unspecified atom stereocenters. The van der Waals surface area contributed by atoms with Gasteiger partial charge in [-0.2, -0.15) is 0 Å². The predicted molar refractivity (Wildman–Crippen MR) is 224 cm³/mol. The Bertz CT molecular complexity index is 2980. The number of nitrogens with zero attached hydrogens (tertiary/aromatic N) is 1. The van der Waals surface area contributed by atoms with Gasteiger partial charge in [-0.05, 0) is 94.9 Å². The lowest BCUT2D eigenvalue weighted by atomic mass is 9.74. The van der Waals surface area contributed by atoms with Crippen molar-refractivity contribution >= 4 is 70.5 Å². The van der Waals surface area contributed by atoms with Crippen LogP contribution >= 0.6 is 11.3 Å². The molecule has 0 N–H and O–H groups in total. The number of para-hydroxylation sites is 1. The van der Waals surface area contributed by atoms with Gasteiger partial charge in [0, 0.05) is 59.0 Å². The molecule has 53 heavy (non-hydrogen) atoms. The smallest absolute Gasteiger partial charge is 0.139 e. The van der Waals surface area contributed by atoms with Gasteiger partial charge in [0.2, 0.25) is 0 Å². The highest BCUT2D eigenvalue weighted by Crippen LogP contribution is 2.54. The van der Waals surface area contributed by atoms with Gasteiger partial charge < -0.3 is 9.32 Å². The fourth-order valence-electron chi connectivity index (χ4n) is 8.80. The molecule has 0 fully saturated rings. The third-order valence-corrected chi connectivity index (χ3v) is 12.5. The fraction of sp³-hybridized carbons (Fsp3) is 0.0400. The van der Waals surface area contributed by atoms with E-state index in [4.69, 9.17) is 4.42 Å². The maximum absolute atomic E-state index is 6.88. The molecular formula is C50H33NOS. The van der Waals surface area contributed by atoms with Gasteiger partial charge in [0.1, 0.15) is 11.2 Å². The van der Waals surface area contributed by atoms with Crippen molar-refractivity contribution in [2.24, 2.45) is 0 Å². The summed E-state index contributed by atoms with van der Waals surface area (Å²) in [5.41, 5.74) is 13.6. The molecule has 8 aromatic carbocycles. The molecule has 0 amide bonds. The molecule has 2 aromatic heterocycles. The summed E-state index contributed by atoms with van der Waals surface area (Å²) >= 11 is 1.85. The first kappa shape index (κ1) is 30.2. The summed E-state index contributed by atoms with van der Waals surface area (Å²) in [6.07, 6.45) is 0. The molecule has 0 aliphatic heterocycles. The van der Waals surface area contributed by atoms with Crippen molar-refractivity contribution in [2.45, 2.75) is 12.3 Å². The summed E-state index contributed by atoms with van der Waals surface area (Å²) in [6.45, 7) is 2.36. The fourth-order valence-corrected chi connectivity index (χ4v) is 9.88. The Labute approximate surface area is 311 Å². The van der Waals surface area contributed by atoms with E-state index >= 15 is 0 Å². The van der Waals surface area contributed by atoms with Gasteiger partial charge in [-0.3, -0.25) is 0 Å². The summed E-state index contributed by atoms with van der Waals surface area (Å²) in [7, 11) is 0. The van der Waals surface area contributed by atoms with Crippen LogP contribution < -0.4 is 4.90 Å². The number of furan rings is 1. The Kier molecular flexibility index (Phi) is 6.58. The maximum atomic E-state index is 6.88. The Morgan fingerprint density at radius 2 is 1.00 bits per heavy atom. The number of benzene rings is 8. The number of thiophene rings is 1. The van der Waals surface area contributed by atoms with E-state index in [0.29, 0.717) is 0 Å². The van der Waals surface area contributed by atoms with Crippen LogP contribution in [0, 0.1) is 0 Å². The van der Waals surface area contributed by atoms with Gasteiger partial charge in [0.15, 0.2) is 0 Å². The summed E-state index contributed by atoms with van der Waals surface area (Å²) in [5.74, 6) is 0. The molecule has 2 heterocycles. The normalized spacial score (nSPS) is 13.2. The number of hydrogen-bond donors (Lipinski definition) is 0. The van der Waals surface area contributed by atoms with E-state index in [-0.39, 0.29) is 5.41 Å². The Balaban J connectivity index is 1.10. The Morgan fingerprint density at radius 1 is 0.434 bits per heavy atom. The van der Waals surface area contributed by atoms with E-state index in [1.54, 1.807) is 0 Å². The van der Waals surface area contributed by atoms with Crippen LogP contribution in [0.5, 0.6) is 0 Å². The van der Waals surface area contributed by atoms with Crippen molar-refractivity contribution in [1.29, 1.82) is 0 Å². The topological polar surface area (TPSA) is 16.4 Å². The van der Waals surface area contributed by atoms with Gasteiger partial charge in [-0.25, -0.2) is 0 Å². The molecular weight excluding hydrogens is 663 g/mol. The van der Waals surface area contributed by atoms with Gasteiger partial charge in [-0.1, -0.05) is 127 Å². The maximum Gasteiger partial charge on any atom is 0.139 e. The van der Waals surface area contributed by atoms with Crippen molar-refractivity contribution in [3.05, 3.63) is 199 Å². The van der Waals surface area contributed by atoms with Crippen LogP contribution in [-0.4, -0.2) is 0 Å². The van der Waals surface area contributed by atoms with Crippen LogP contribution in [-0.2, 0) is 5.41 Å². The van der Waals surface area contributed by atoms with Gasteiger partial charge in [0.05, 0.1) is 0 Å². The second kappa shape index (κ2) is 11.5. The molecule has 2 nitrogen and oxygen atoms in total. The van der Waals surface area contributed by atoms with E-state index in [1.165, 1.54) is 59.1 Å². The largest absolute Gasteiger partial charge is 0.456 e. The summed E-state index contributed by atoms with van der Waals surface area (Å²) in [5, 5.41) is 4.80. The zero-order valence-corrected chi connectivity index (χ0v) is 29.9. The minimum atomic E-state index is -0.353. The van der Waals surface area contributed by atoms with Gasteiger partial charge >= 0.3 is 0 Å². The zero-order valence-electron chi connectivity index (χ0n) is 29.1. The summed E-state index contributed by atoms with van der Waals surface area (Å²) in [4.78, 5) is 2.38. The van der Waals surface area contributed by atoms with Crippen LogP contribution in [0.25, 0.3) is 64.4 Å². The lowest BCUT2D eigenvalue weighted by molar-refractivity contribution is 0.638. The second-order valence-corrected chi connectivity index (χ2v) is 15.3. The molecule has 0 spiro atoms. The first-order chi connectivity index (χ1) is 26.1. The number of fused-ring (bicyclic) bond motifs is 9. The lowest BCUT2D eigenvalue weighted by Crippen LogP contribution is -2.22. The average Bonchev–Trinajstić information content (AvgIpc) is 3.87. The minimum absolute atomic E-state index is 0.353. The van der Waals surface area contributed by atoms with Crippen molar-refractivity contribution in [2.75, 3.05) is 4.90 Å². The molecule has 250 valence electrons. The van der Waals surface area contributed by atoms with E-state index in [1.807, 2.05) is 11.3 Å². The minimum Gasteiger partial charge on any atom is -0.456 e. The van der Waals surface area contributed by atoms with Crippen LogP contribution in [0.4, 0.5) is 17.1 Å². The monoisotopic (exact) mass is 695 g/mol. The lowest BCUT2D eigenvalue weighted by Gasteiger charge is -2.28. The van der Waals surface area contributed by atoms with Crippen molar-refractivity contribution in [1.82, 2.24) is 0 Å². The number of hydrogen-bond acceptors (Lipinski definition) is 3. The van der Waals surface area contributed by atoms with E-state index < -0.39 is 0 Å². The molecule has 1 aliphatic carbocycles. The number of anilines is 3. The summed E-state index contributed by atoms with van der Waals surface area (Å²) in [6, 6.07) is 66.1. The van der Waals surface area contributed by atoms with Crippen molar-refractivity contribution < 1.29 is 4.42 Å². The van der Waals surface area contributed by atoms with E-state index in [9.17, 15) is 0 Å². The third-order valence-electron chi connectivity index (χ3n) is 11.4. The molecule has 3 heteroatoms. The van der Waals surface area contributed by atoms with Gasteiger partial charge in [-0.15, -0.1) is 11.3 Å². The molecule has 0 atom stereocenters. The quantitative estimate of drug-likeness (QED) is 0.178. The van der Waals surface area contributed by atoms with E-state index in [0.717, 1.165) is 39.0 Å². The molecule has 0 bridgehead atoms. The molecule has 0 saturated heterocycles. The highest BCUT2D eigenvalue weighted by atomic mass is 32.1. The zero-order chi connectivity index (χ0) is 35.1. The molecule has 0 saturated carbocycles. The van der Waals surface area contributed by atoms with Crippen molar-refractivity contribution in [3.63, 3.8) is 0 Å². The third kappa shape index (κ3) is 4.51. The Morgan fingerprint density at radius 3 is 1.77 bits per heavy atom. The highest BCUT2D eigenvalue weighted by molar-refractivity contribution is 7.25. The SMILES string of the molecule is CC1(c2cccc3c2oc2ccc(N(c4ccc(-c5ccccc5)cc4)c4ccc5sc6ccccc6c5c4)cc23)c2ccccc2-c2ccccc21. The van der Waals surface area contributed by atoms with Gasteiger partial charge in [0.25, 0.3) is 0 Å². The molecule has 1 aliphatic rings. The molecule has 0 radical (unpaired) electrons. The van der Waals surface area contributed by atoms with Crippen LogP contribution in [0.2, 0.25) is 0 Å². The standard InChI is InChI=1S/C50H33NOS/c1-50(43-18-8-5-14-37(43)38-15-6-9-19-44(38)50)45-20-11-17-40-41-30-35(26-28-46(41)52-49(40)45)51(34-24-22-33(23-25-34)32-12-3-2-4-13-32)36-27-29-48-42(31-36)39-16-7-10-21-47(39)53-48/h2-31H,1H3. The first-order valence-electron chi connectivity index (χ1n) is 18.2. The summed E-state index contributed by atoms with van der Waals surface area (Å²) < 4.78 is 9.48. The molecule has 10 aromatic rings. The van der Waals surface area contributed by atoms with Crippen LogP contribution in [0.1, 0.15) is 23.6 Å². The second-order valence-electron chi connectivity index (χ2n) is 14.2. The molecule has 11 rings (SSSR count). The van der Waals surface area contributed by atoms with Crippen molar-refractivity contribution in [3.8, 4) is 22.3 Å². The van der Waals surface area contributed by atoms with Crippen LogP contribution in [0.3, 0.4) is 0 Å². The predicted octanol–water partition coefficient (Wildman–Crippen LogP) is 14.4. The Hall–Kier alpha value is -6.42. The number of rotatable bonds is 5.